The lowest BCUT2D eigenvalue weighted by Gasteiger charge is -2.29. The minimum atomic E-state index is 0.0408. The highest BCUT2D eigenvalue weighted by Gasteiger charge is 2.24. The molecule has 0 aliphatic carbocycles. The van der Waals surface area contributed by atoms with Crippen LogP contribution >= 0.6 is 0 Å². The highest BCUT2D eigenvalue weighted by Crippen LogP contribution is 2.33. The number of nitrogens with zero attached hydrogens (tertiary/aromatic N) is 1. The average molecular weight is 248 g/mol. The van der Waals surface area contributed by atoms with Crippen LogP contribution in [0.3, 0.4) is 0 Å². The molecule has 1 aromatic rings. The molecule has 0 saturated carbocycles. The van der Waals surface area contributed by atoms with Gasteiger partial charge in [0.05, 0.1) is 5.69 Å². The smallest absolute Gasteiger partial charge is 0.265 e. The molecule has 0 aromatic heterocycles. The fourth-order valence-electron chi connectivity index (χ4n) is 2.14. The van der Waals surface area contributed by atoms with Crippen molar-refractivity contribution >= 4 is 11.6 Å². The van der Waals surface area contributed by atoms with Crippen molar-refractivity contribution in [3.8, 4) is 5.75 Å². The van der Waals surface area contributed by atoms with E-state index in [9.17, 15) is 4.79 Å². The van der Waals surface area contributed by atoms with Gasteiger partial charge in [0.15, 0.2) is 6.61 Å². The minimum Gasteiger partial charge on any atom is -0.482 e. The summed E-state index contributed by atoms with van der Waals surface area (Å²) in [7, 11) is 0. The molecule has 1 aliphatic rings. The van der Waals surface area contributed by atoms with Crippen LogP contribution in [-0.2, 0) is 11.3 Å². The second-order valence-electron chi connectivity index (χ2n) is 4.55. The van der Waals surface area contributed by atoms with E-state index in [0.717, 1.165) is 42.8 Å². The number of hydrogen-bond acceptors (Lipinski definition) is 3. The topological polar surface area (TPSA) is 55.6 Å². The summed E-state index contributed by atoms with van der Waals surface area (Å²) >= 11 is 0. The molecule has 2 N–H and O–H groups in total. The lowest BCUT2D eigenvalue weighted by molar-refractivity contribution is -0.121. The van der Waals surface area contributed by atoms with Crippen molar-refractivity contribution in [1.82, 2.24) is 0 Å². The second kappa shape index (κ2) is 5.87. The van der Waals surface area contributed by atoms with Crippen molar-refractivity contribution < 1.29 is 9.53 Å². The maximum absolute atomic E-state index is 11.9. The van der Waals surface area contributed by atoms with E-state index < -0.39 is 0 Å². The summed E-state index contributed by atoms with van der Waals surface area (Å²) in [6.45, 7) is 3.54. The SMILES string of the molecule is CCCCCN1C(=O)COc2cc(CN)ccc21. The number of rotatable bonds is 5. The Kier molecular flexibility index (Phi) is 4.20. The third kappa shape index (κ3) is 2.64. The van der Waals surface area contributed by atoms with Gasteiger partial charge in [-0.05, 0) is 24.1 Å². The van der Waals surface area contributed by atoms with E-state index in [-0.39, 0.29) is 12.5 Å². The first-order chi connectivity index (χ1) is 8.76. The predicted octanol–water partition coefficient (Wildman–Crippen LogP) is 2.06. The zero-order valence-electron chi connectivity index (χ0n) is 10.8. The zero-order chi connectivity index (χ0) is 13.0. The van der Waals surface area contributed by atoms with Crippen LogP contribution in [0.4, 0.5) is 5.69 Å². The van der Waals surface area contributed by atoms with Crippen molar-refractivity contribution in [2.24, 2.45) is 5.73 Å². The van der Waals surface area contributed by atoms with E-state index in [2.05, 4.69) is 6.92 Å². The maximum atomic E-state index is 11.9. The van der Waals surface area contributed by atoms with Crippen molar-refractivity contribution in [2.45, 2.75) is 32.7 Å². The predicted molar refractivity (Wildman–Crippen MR) is 71.7 cm³/mol. The normalized spacial score (nSPS) is 14.3. The van der Waals surface area contributed by atoms with E-state index in [4.69, 9.17) is 10.5 Å². The van der Waals surface area contributed by atoms with Crippen molar-refractivity contribution in [3.05, 3.63) is 23.8 Å². The molecule has 2 rings (SSSR count). The Morgan fingerprint density at radius 1 is 1.39 bits per heavy atom. The molecule has 4 nitrogen and oxygen atoms in total. The summed E-state index contributed by atoms with van der Waals surface area (Å²) in [6, 6.07) is 5.81. The van der Waals surface area contributed by atoms with Crippen molar-refractivity contribution in [3.63, 3.8) is 0 Å². The van der Waals surface area contributed by atoms with Gasteiger partial charge in [-0.3, -0.25) is 4.79 Å². The molecule has 0 atom stereocenters. The number of fused-ring (bicyclic) bond motifs is 1. The number of carbonyl (C=O) groups is 1. The molecule has 0 unspecified atom stereocenters. The summed E-state index contributed by atoms with van der Waals surface area (Å²) in [5.74, 6) is 0.813. The largest absolute Gasteiger partial charge is 0.482 e. The number of carbonyl (C=O) groups excluding carboxylic acids is 1. The van der Waals surface area contributed by atoms with Gasteiger partial charge in [-0.25, -0.2) is 0 Å². The molecule has 0 spiro atoms. The fraction of sp³-hybridized carbons (Fsp3) is 0.500. The van der Waals surface area contributed by atoms with E-state index in [1.54, 1.807) is 0 Å². The second-order valence-corrected chi connectivity index (χ2v) is 4.55. The van der Waals surface area contributed by atoms with Gasteiger partial charge in [-0.2, -0.15) is 0 Å². The summed E-state index contributed by atoms with van der Waals surface area (Å²) in [4.78, 5) is 13.7. The van der Waals surface area contributed by atoms with Gasteiger partial charge in [-0.1, -0.05) is 25.8 Å². The fourth-order valence-corrected chi connectivity index (χ4v) is 2.14. The number of anilines is 1. The molecule has 0 saturated heterocycles. The van der Waals surface area contributed by atoms with Crippen LogP contribution in [0.5, 0.6) is 5.75 Å². The number of unbranched alkanes of at least 4 members (excludes halogenated alkanes) is 2. The molecular formula is C14H20N2O2. The molecule has 1 heterocycles. The molecule has 0 fully saturated rings. The standard InChI is InChI=1S/C14H20N2O2/c1-2-3-4-7-16-12-6-5-11(9-15)8-13(12)18-10-14(16)17/h5-6,8H,2-4,7,9-10,15H2,1H3. The van der Waals surface area contributed by atoms with E-state index in [0.29, 0.717) is 6.54 Å². The molecule has 98 valence electrons. The molecule has 0 bridgehead atoms. The summed E-state index contributed by atoms with van der Waals surface area (Å²) in [5.41, 5.74) is 7.51. The van der Waals surface area contributed by atoms with Crippen LogP contribution < -0.4 is 15.4 Å². The Labute approximate surface area is 108 Å². The first-order valence-electron chi connectivity index (χ1n) is 6.52. The van der Waals surface area contributed by atoms with Crippen LogP contribution in [0, 0.1) is 0 Å². The Balaban J connectivity index is 2.18. The van der Waals surface area contributed by atoms with Crippen molar-refractivity contribution in [1.29, 1.82) is 0 Å². The summed E-state index contributed by atoms with van der Waals surface area (Å²) < 4.78 is 5.47. The molecule has 4 heteroatoms. The number of amides is 1. The van der Waals surface area contributed by atoms with Gasteiger partial charge >= 0.3 is 0 Å². The van der Waals surface area contributed by atoms with E-state index in [1.807, 2.05) is 23.1 Å². The van der Waals surface area contributed by atoms with Crippen molar-refractivity contribution in [2.75, 3.05) is 18.1 Å². The monoisotopic (exact) mass is 248 g/mol. The number of benzene rings is 1. The molecule has 1 aromatic carbocycles. The van der Waals surface area contributed by atoms with Gasteiger partial charge in [0, 0.05) is 13.1 Å². The first kappa shape index (κ1) is 12.9. The van der Waals surface area contributed by atoms with Crippen LogP contribution in [0.25, 0.3) is 0 Å². The van der Waals surface area contributed by atoms with E-state index in [1.165, 1.54) is 0 Å². The molecule has 1 amide bonds. The first-order valence-corrected chi connectivity index (χ1v) is 6.52. The molecule has 1 aliphatic heterocycles. The number of hydrogen-bond donors (Lipinski definition) is 1. The van der Waals surface area contributed by atoms with Gasteiger partial charge < -0.3 is 15.4 Å². The van der Waals surface area contributed by atoms with Gasteiger partial charge in [0.2, 0.25) is 0 Å². The Morgan fingerprint density at radius 3 is 2.94 bits per heavy atom. The molecule has 18 heavy (non-hydrogen) atoms. The van der Waals surface area contributed by atoms with Crippen LogP contribution in [0.15, 0.2) is 18.2 Å². The lowest BCUT2D eigenvalue weighted by atomic mass is 10.1. The number of ether oxygens (including phenoxy) is 1. The highest BCUT2D eigenvalue weighted by molar-refractivity contribution is 5.97. The average Bonchev–Trinajstić information content (AvgIpc) is 2.41. The minimum absolute atomic E-state index is 0.0408. The molecular weight excluding hydrogens is 228 g/mol. The van der Waals surface area contributed by atoms with Gasteiger partial charge in [0.1, 0.15) is 5.75 Å². The Bertz CT molecular complexity index is 432. The zero-order valence-corrected chi connectivity index (χ0v) is 10.8. The Morgan fingerprint density at radius 2 is 2.22 bits per heavy atom. The van der Waals surface area contributed by atoms with E-state index >= 15 is 0 Å². The maximum Gasteiger partial charge on any atom is 0.265 e. The van der Waals surface area contributed by atoms with Gasteiger partial charge in [-0.15, -0.1) is 0 Å². The lowest BCUT2D eigenvalue weighted by Crippen LogP contribution is -2.39. The quantitative estimate of drug-likeness (QED) is 0.811. The summed E-state index contributed by atoms with van der Waals surface area (Å²) in [5, 5.41) is 0. The summed E-state index contributed by atoms with van der Waals surface area (Å²) in [6.07, 6.45) is 3.32. The van der Waals surface area contributed by atoms with Gasteiger partial charge in [0.25, 0.3) is 5.91 Å². The third-order valence-corrected chi connectivity index (χ3v) is 3.19. The Hall–Kier alpha value is -1.55. The van der Waals surface area contributed by atoms with Crippen LogP contribution in [0.2, 0.25) is 0 Å². The van der Waals surface area contributed by atoms with Crippen LogP contribution in [0.1, 0.15) is 31.7 Å². The van der Waals surface area contributed by atoms with Crippen LogP contribution in [-0.4, -0.2) is 19.1 Å². The number of nitrogens with two attached hydrogens (primary N) is 1. The molecule has 0 radical (unpaired) electrons. The third-order valence-electron chi connectivity index (χ3n) is 3.19. The highest BCUT2D eigenvalue weighted by atomic mass is 16.5.